The standard InChI is InChI=1S/C11H18N4S/c1-2-9(12-5-1)6-15(11-3-4-11)7-10-8-16-14-13-10/h8-9,11-12H,1-7H2/t9-/m1/s1. The topological polar surface area (TPSA) is 41.1 Å². The monoisotopic (exact) mass is 238 g/mol. The lowest BCUT2D eigenvalue weighted by atomic mass is 10.2. The molecule has 1 aliphatic carbocycles. The maximum absolute atomic E-state index is 4.15. The number of nitrogens with zero attached hydrogens (tertiary/aromatic N) is 3. The van der Waals surface area contributed by atoms with Crippen molar-refractivity contribution in [3.8, 4) is 0 Å². The lowest BCUT2D eigenvalue weighted by molar-refractivity contribution is 0.228. The first kappa shape index (κ1) is 10.6. The summed E-state index contributed by atoms with van der Waals surface area (Å²) in [6, 6.07) is 1.51. The van der Waals surface area contributed by atoms with Gasteiger partial charge >= 0.3 is 0 Å². The molecule has 0 aromatic carbocycles. The smallest absolute Gasteiger partial charge is 0.0895 e. The molecule has 3 rings (SSSR count). The summed E-state index contributed by atoms with van der Waals surface area (Å²) < 4.78 is 3.94. The van der Waals surface area contributed by atoms with Crippen LogP contribution in [0.1, 0.15) is 31.4 Å². The maximum atomic E-state index is 4.15. The molecule has 1 N–H and O–H groups in total. The van der Waals surface area contributed by atoms with Gasteiger partial charge in [0.15, 0.2) is 0 Å². The van der Waals surface area contributed by atoms with Crippen molar-refractivity contribution >= 4 is 11.5 Å². The molecular formula is C11H18N4S. The largest absolute Gasteiger partial charge is 0.313 e. The molecule has 1 atom stereocenters. The number of nitrogens with one attached hydrogen (secondary N) is 1. The molecule has 1 aromatic heterocycles. The summed E-state index contributed by atoms with van der Waals surface area (Å²) in [5, 5.41) is 9.79. The van der Waals surface area contributed by atoms with Gasteiger partial charge in [0.05, 0.1) is 5.69 Å². The molecule has 1 saturated carbocycles. The average Bonchev–Trinajstić information content (AvgIpc) is 2.79. The molecule has 2 fully saturated rings. The molecule has 2 heterocycles. The Kier molecular flexibility index (Phi) is 3.17. The van der Waals surface area contributed by atoms with Crippen molar-refractivity contribution in [3.05, 3.63) is 11.1 Å². The van der Waals surface area contributed by atoms with Crippen LogP contribution in [0.4, 0.5) is 0 Å². The fourth-order valence-corrected chi connectivity index (χ4v) is 2.88. The Balaban J connectivity index is 1.57. The maximum Gasteiger partial charge on any atom is 0.0895 e. The van der Waals surface area contributed by atoms with Crippen LogP contribution in [-0.2, 0) is 6.54 Å². The molecular weight excluding hydrogens is 220 g/mol. The molecule has 0 bridgehead atoms. The zero-order chi connectivity index (χ0) is 10.8. The Morgan fingerprint density at radius 1 is 1.44 bits per heavy atom. The molecule has 0 spiro atoms. The second-order valence-electron chi connectivity index (χ2n) is 4.85. The van der Waals surface area contributed by atoms with Crippen LogP contribution >= 0.6 is 11.5 Å². The average molecular weight is 238 g/mol. The molecule has 1 aliphatic heterocycles. The van der Waals surface area contributed by atoms with Crippen molar-refractivity contribution < 1.29 is 0 Å². The van der Waals surface area contributed by atoms with E-state index in [-0.39, 0.29) is 0 Å². The van der Waals surface area contributed by atoms with Crippen molar-refractivity contribution in [1.82, 2.24) is 19.8 Å². The Morgan fingerprint density at radius 3 is 3.00 bits per heavy atom. The van der Waals surface area contributed by atoms with Crippen molar-refractivity contribution in [2.45, 2.75) is 44.3 Å². The van der Waals surface area contributed by atoms with Crippen LogP contribution in [-0.4, -0.2) is 39.7 Å². The first-order valence-corrected chi connectivity index (χ1v) is 6.99. The summed E-state index contributed by atoms with van der Waals surface area (Å²) in [6.07, 6.45) is 5.40. The summed E-state index contributed by atoms with van der Waals surface area (Å²) >= 11 is 1.45. The number of hydrogen-bond donors (Lipinski definition) is 1. The van der Waals surface area contributed by atoms with Crippen LogP contribution in [0.25, 0.3) is 0 Å². The van der Waals surface area contributed by atoms with Gasteiger partial charge in [0.2, 0.25) is 0 Å². The minimum Gasteiger partial charge on any atom is -0.313 e. The van der Waals surface area contributed by atoms with Gasteiger partial charge in [-0.3, -0.25) is 4.90 Å². The fourth-order valence-electron chi connectivity index (χ4n) is 2.44. The van der Waals surface area contributed by atoms with Gasteiger partial charge in [-0.05, 0) is 43.8 Å². The van der Waals surface area contributed by atoms with Crippen molar-refractivity contribution in [2.75, 3.05) is 13.1 Å². The normalized spacial score (nSPS) is 25.4. The second kappa shape index (κ2) is 4.77. The fraction of sp³-hybridized carbons (Fsp3) is 0.818. The molecule has 88 valence electrons. The zero-order valence-corrected chi connectivity index (χ0v) is 10.2. The zero-order valence-electron chi connectivity index (χ0n) is 9.43. The third-order valence-electron chi connectivity index (χ3n) is 3.45. The van der Waals surface area contributed by atoms with E-state index < -0.39 is 0 Å². The number of aromatic nitrogens is 2. The van der Waals surface area contributed by atoms with Crippen LogP contribution in [0.5, 0.6) is 0 Å². The quantitative estimate of drug-likeness (QED) is 0.838. The van der Waals surface area contributed by atoms with Crippen LogP contribution in [0.15, 0.2) is 5.38 Å². The first-order valence-electron chi connectivity index (χ1n) is 6.15. The third-order valence-corrected chi connectivity index (χ3v) is 4.00. The van der Waals surface area contributed by atoms with E-state index in [2.05, 4.69) is 25.2 Å². The van der Waals surface area contributed by atoms with Gasteiger partial charge in [0.25, 0.3) is 0 Å². The van der Waals surface area contributed by atoms with Crippen LogP contribution in [0.3, 0.4) is 0 Å². The predicted octanol–water partition coefficient (Wildman–Crippen LogP) is 1.25. The molecule has 4 nitrogen and oxygen atoms in total. The van der Waals surface area contributed by atoms with Gasteiger partial charge in [-0.2, -0.15) is 0 Å². The minimum atomic E-state index is 0.701. The van der Waals surface area contributed by atoms with Gasteiger partial charge < -0.3 is 5.32 Å². The van der Waals surface area contributed by atoms with Crippen molar-refractivity contribution in [2.24, 2.45) is 0 Å². The van der Waals surface area contributed by atoms with E-state index in [0.29, 0.717) is 6.04 Å². The molecule has 2 aliphatic rings. The van der Waals surface area contributed by atoms with E-state index in [9.17, 15) is 0 Å². The Morgan fingerprint density at radius 2 is 2.38 bits per heavy atom. The molecule has 0 unspecified atom stereocenters. The SMILES string of the molecule is c1snnc1CN(C[C@H]1CCCN1)C1CC1. The minimum absolute atomic E-state index is 0.701. The van der Waals surface area contributed by atoms with E-state index in [0.717, 1.165) is 18.3 Å². The molecule has 1 saturated heterocycles. The van der Waals surface area contributed by atoms with Gasteiger partial charge in [0, 0.05) is 30.6 Å². The molecule has 5 heteroatoms. The molecule has 16 heavy (non-hydrogen) atoms. The Labute approximate surface area is 100 Å². The van der Waals surface area contributed by atoms with Crippen molar-refractivity contribution in [1.29, 1.82) is 0 Å². The van der Waals surface area contributed by atoms with Crippen molar-refractivity contribution in [3.63, 3.8) is 0 Å². The van der Waals surface area contributed by atoms with Gasteiger partial charge in [0.1, 0.15) is 0 Å². The highest BCUT2D eigenvalue weighted by molar-refractivity contribution is 7.03. The Hall–Kier alpha value is -0.520. The van der Waals surface area contributed by atoms with E-state index in [1.165, 1.54) is 50.3 Å². The van der Waals surface area contributed by atoms with E-state index in [1.54, 1.807) is 0 Å². The summed E-state index contributed by atoms with van der Waals surface area (Å²) in [5.41, 5.74) is 1.13. The lowest BCUT2D eigenvalue weighted by Gasteiger charge is -2.24. The highest BCUT2D eigenvalue weighted by atomic mass is 32.1. The molecule has 1 aromatic rings. The Bertz CT molecular complexity index is 317. The van der Waals surface area contributed by atoms with Gasteiger partial charge in [-0.15, -0.1) is 5.10 Å². The van der Waals surface area contributed by atoms with E-state index in [1.807, 2.05) is 0 Å². The first-order chi connectivity index (χ1) is 7.92. The van der Waals surface area contributed by atoms with Gasteiger partial charge in [-0.1, -0.05) is 4.49 Å². The van der Waals surface area contributed by atoms with Gasteiger partial charge in [-0.25, -0.2) is 0 Å². The third kappa shape index (κ3) is 2.59. The molecule has 0 radical (unpaired) electrons. The van der Waals surface area contributed by atoms with Crippen LogP contribution in [0.2, 0.25) is 0 Å². The van der Waals surface area contributed by atoms with E-state index in [4.69, 9.17) is 0 Å². The summed E-state index contributed by atoms with van der Waals surface area (Å²) in [4.78, 5) is 2.58. The number of rotatable bonds is 5. The highest BCUT2D eigenvalue weighted by Crippen LogP contribution is 2.28. The molecule has 0 amide bonds. The second-order valence-corrected chi connectivity index (χ2v) is 5.46. The van der Waals surface area contributed by atoms with Crippen LogP contribution in [0, 0.1) is 0 Å². The highest BCUT2D eigenvalue weighted by Gasteiger charge is 2.31. The van der Waals surface area contributed by atoms with Crippen LogP contribution < -0.4 is 5.32 Å². The lowest BCUT2D eigenvalue weighted by Crippen LogP contribution is -2.38. The predicted molar refractivity (Wildman–Crippen MR) is 64.4 cm³/mol. The summed E-state index contributed by atoms with van der Waals surface area (Å²) in [6.45, 7) is 3.36. The van der Waals surface area contributed by atoms with E-state index >= 15 is 0 Å². The summed E-state index contributed by atoms with van der Waals surface area (Å²) in [7, 11) is 0. The summed E-state index contributed by atoms with van der Waals surface area (Å²) in [5.74, 6) is 0. The number of hydrogen-bond acceptors (Lipinski definition) is 5.